The lowest BCUT2D eigenvalue weighted by Crippen LogP contribution is -2.40. The van der Waals surface area contributed by atoms with E-state index in [0.29, 0.717) is 0 Å². The smallest absolute Gasteiger partial charge is 0.327 e. The number of allylic oxidation sites excluding steroid dienone is 2. The van der Waals surface area contributed by atoms with E-state index in [1.165, 1.54) is 24.3 Å². The van der Waals surface area contributed by atoms with E-state index in [1.807, 2.05) is 5.92 Å². The molecular formula is C10H8O4. The van der Waals surface area contributed by atoms with Crippen LogP contribution in [0.25, 0.3) is 0 Å². The summed E-state index contributed by atoms with van der Waals surface area (Å²) in [7, 11) is 0. The Labute approximate surface area is 80.5 Å². The standard InChI is InChI=1S/C10H8O4/c1-2-10(9(13)14)6-4-3-5-7(10)8(11)12/h1,3-7H,(H,11,12)(H,13,14). The molecular weight excluding hydrogens is 184 g/mol. The zero-order valence-corrected chi connectivity index (χ0v) is 7.18. The van der Waals surface area contributed by atoms with Crippen LogP contribution in [0, 0.1) is 23.7 Å². The number of aliphatic carboxylic acids is 2. The maximum absolute atomic E-state index is 10.9. The quantitative estimate of drug-likeness (QED) is 0.625. The number of hydrogen-bond acceptors (Lipinski definition) is 2. The Morgan fingerprint density at radius 2 is 2.00 bits per heavy atom. The monoisotopic (exact) mass is 192 g/mol. The van der Waals surface area contributed by atoms with Gasteiger partial charge in [-0.15, -0.1) is 6.42 Å². The molecule has 1 aliphatic carbocycles. The summed E-state index contributed by atoms with van der Waals surface area (Å²) in [5.41, 5.74) is -1.76. The molecule has 0 aromatic heterocycles. The molecule has 4 nitrogen and oxygen atoms in total. The van der Waals surface area contributed by atoms with Gasteiger partial charge in [-0.3, -0.25) is 9.59 Å². The van der Waals surface area contributed by atoms with Gasteiger partial charge in [0.2, 0.25) is 0 Å². The van der Waals surface area contributed by atoms with E-state index in [2.05, 4.69) is 0 Å². The Morgan fingerprint density at radius 1 is 1.36 bits per heavy atom. The molecule has 0 amide bonds. The third-order valence-corrected chi connectivity index (χ3v) is 2.12. The maximum Gasteiger partial charge on any atom is 0.327 e. The minimum absolute atomic E-state index is 1.21. The van der Waals surface area contributed by atoms with Crippen molar-refractivity contribution in [2.24, 2.45) is 11.3 Å². The first-order valence-electron chi connectivity index (χ1n) is 3.84. The minimum atomic E-state index is -1.76. The summed E-state index contributed by atoms with van der Waals surface area (Å²) in [6.07, 6.45) is 10.5. The molecule has 0 aromatic carbocycles. The highest BCUT2D eigenvalue weighted by atomic mass is 16.4. The van der Waals surface area contributed by atoms with Crippen LogP contribution < -0.4 is 0 Å². The first kappa shape index (κ1) is 10.1. The largest absolute Gasteiger partial charge is 0.481 e. The van der Waals surface area contributed by atoms with Crippen LogP contribution >= 0.6 is 0 Å². The van der Waals surface area contributed by atoms with E-state index in [9.17, 15) is 9.59 Å². The number of carboxylic acids is 2. The van der Waals surface area contributed by atoms with E-state index >= 15 is 0 Å². The molecule has 0 saturated carbocycles. The van der Waals surface area contributed by atoms with Crippen molar-refractivity contribution in [3.63, 3.8) is 0 Å². The normalized spacial score (nSPS) is 29.5. The summed E-state index contributed by atoms with van der Waals surface area (Å²) in [4.78, 5) is 21.7. The minimum Gasteiger partial charge on any atom is -0.481 e. The molecule has 0 bridgehead atoms. The topological polar surface area (TPSA) is 74.6 Å². The maximum atomic E-state index is 10.9. The van der Waals surface area contributed by atoms with E-state index in [1.54, 1.807) is 0 Å². The van der Waals surface area contributed by atoms with Crippen LogP contribution in [0.4, 0.5) is 0 Å². The number of carboxylic acid groups (broad SMARTS) is 2. The molecule has 0 saturated heterocycles. The molecule has 0 aliphatic heterocycles. The fourth-order valence-corrected chi connectivity index (χ4v) is 1.32. The van der Waals surface area contributed by atoms with Crippen molar-refractivity contribution in [3.8, 4) is 12.3 Å². The van der Waals surface area contributed by atoms with Crippen molar-refractivity contribution in [1.82, 2.24) is 0 Å². The number of carbonyl (C=O) groups is 2. The van der Waals surface area contributed by atoms with Gasteiger partial charge in [0.25, 0.3) is 0 Å². The van der Waals surface area contributed by atoms with Crippen molar-refractivity contribution in [2.45, 2.75) is 0 Å². The first-order chi connectivity index (χ1) is 6.54. The number of terminal acetylenes is 1. The van der Waals surface area contributed by atoms with Crippen molar-refractivity contribution in [3.05, 3.63) is 24.3 Å². The fraction of sp³-hybridized carbons (Fsp3) is 0.200. The van der Waals surface area contributed by atoms with Gasteiger partial charge < -0.3 is 10.2 Å². The summed E-state index contributed by atoms with van der Waals surface area (Å²) in [5.74, 6) is -1.75. The average Bonchev–Trinajstić information content (AvgIpc) is 2.17. The second-order valence-electron chi connectivity index (χ2n) is 2.88. The molecule has 0 fully saturated rings. The van der Waals surface area contributed by atoms with Crippen LogP contribution in [0.3, 0.4) is 0 Å². The van der Waals surface area contributed by atoms with Crippen LogP contribution in [0.1, 0.15) is 0 Å². The van der Waals surface area contributed by atoms with Gasteiger partial charge in [0.15, 0.2) is 5.41 Å². The number of rotatable bonds is 2. The van der Waals surface area contributed by atoms with Gasteiger partial charge in [0.05, 0.1) is 0 Å². The fourth-order valence-electron chi connectivity index (χ4n) is 1.32. The Bertz CT molecular complexity index is 372. The molecule has 4 heteroatoms. The zero-order chi connectivity index (χ0) is 10.8. The van der Waals surface area contributed by atoms with E-state index in [-0.39, 0.29) is 0 Å². The molecule has 0 radical (unpaired) electrons. The molecule has 2 N–H and O–H groups in total. The van der Waals surface area contributed by atoms with Gasteiger partial charge in [-0.05, 0) is 0 Å². The zero-order valence-electron chi connectivity index (χ0n) is 7.18. The summed E-state index contributed by atoms with van der Waals surface area (Å²) < 4.78 is 0. The Hall–Kier alpha value is -2.02. The second kappa shape index (κ2) is 3.38. The summed E-state index contributed by atoms with van der Waals surface area (Å²) >= 11 is 0. The number of hydrogen-bond donors (Lipinski definition) is 2. The molecule has 0 spiro atoms. The summed E-state index contributed by atoms with van der Waals surface area (Å²) in [5, 5.41) is 17.7. The van der Waals surface area contributed by atoms with E-state index in [4.69, 9.17) is 16.6 Å². The van der Waals surface area contributed by atoms with Crippen LogP contribution in [-0.4, -0.2) is 22.2 Å². The van der Waals surface area contributed by atoms with Crippen molar-refractivity contribution in [1.29, 1.82) is 0 Å². The van der Waals surface area contributed by atoms with Gasteiger partial charge in [-0.1, -0.05) is 30.2 Å². The Morgan fingerprint density at radius 3 is 2.36 bits per heavy atom. The van der Waals surface area contributed by atoms with Gasteiger partial charge in [0.1, 0.15) is 5.92 Å². The highest BCUT2D eigenvalue weighted by Crippen LogP contribution is 2.33. The van der Waals surface area contributed by atoms with Crippen LogP contribution in [0.15, 0.2) is 24.3 Å². The third kappa shape index (κ3) is 1.29. The summed E-state index contributed by atoms with van der Waals surface area (Å²) in [6.45, 7) is 0. The van der Waals surface area contributed by atoms with Crippen LogP contribution in [0.2, 0.25) is 0 Å². The second-order valence-corrected chi connectivity index (χ2v) is 2.88. The highest BCUT2D eigenvalue weighted by molar-refractivity contribution is 5.90. The van der Waals surface area contributed by atoms with Gasteiger partial charge >= 0.3 is 11.9 Å². The molecule has 2 unspecified atom stereocenters. The summed E-state index contributed by atoms with van der Waals surface area (Å²) in [6, 6.07) is 0. The SMILES string of the molecule is C#CC1(C(=O)O)C=CC=CC1C(=O)O. The molecule has 0 heterocycles. The molecule has 72 valence electrons. The Balaban J connectivity index is 3.24. The van der Waals surface area contributed by atoms with Gasteiger partial charge in [0, 0.05) is 0 Å². The lowest BCUT2D eigenvalue weighted by atomic mass is 9.73. The van der Waals surface area contributed by atoms with Crippen molar-refractivity contribution < 1.29 is 19.8 Å². The predicted molar refractivity (Wildman–Crippen MR) is 48.3 cm³/mol. The van der Waals surface area contributed by atoms with Crippen molar-refractivity contribution >= 4 is 11.9 Å². The van der Waals surface area contributed by atoms with Gasteiger partial charge in [-0.25, -0.2) is 0 Å². The Kier molecular flexibility index (Phi) is 2.43. The average molecular weight is 192 g/mol. The van der Waals surface area contributed by atoms with Gasteiger partial charge in [-0.2, -0.15) is 0 Å². The lowest BCUT2D eigenvalue weighted by Gasteiger charge is -2.26. The van der Waals surface area contributed by atoms with E-state index in [0.717, 1.165) is 0 Å². The highest BCUT2D eigenvalue weighted by Gasteiger charge is 2.46. The van der Waals surface area contributed by atoms with Crippen molar-refractivity contribution in [2.75, 3.05) is 0 Å². The molecule has 14 heavy (non-hydrogen) atoms. The molecule has 2 atom stereocenters. The van der Waals surface area contributed by atoms with Crippen LogP contribution in [0.5, 0.6) is 0 Å². The molecule has 1 aliphatic rings. The molecule has 1 rings (SSSR count). The predicted octanol–water partition coefficient (Wildman–Crippen LogP) is 0.517. The molecule has 0 aromatic rings. The van der Waals surface area contributed by atoms with E-state index < -0.39 is 23.3 Å². The lowest BCUT2D eigenvalue weighted by molar-refractivity contribution is -0.153. The van der Waals surface area contributed by atoms with Crippen LogP contribution in [-0.2, 0) is 9.59 Å². The first-order valence-corrected chi connectivity index (χ1v) is 3.84. The third-order valence-electron chi connectivity index (χ3n) is 2.12.